The Morgan fingerprint density at radius 1 is 1.10 bits per heavy atom. The van der Waals surface area contributed by atoms with Crippen LogP contribution in [0.25, 0.3) is 11.3 Å². The van der Waals surface area contributed by atoms with Crippen molar-refractivity contribution in [2.75, 3.05) is 23.8 Å². The average Bonchev–Trinajstić information content (AvgIpc) is 3.29. The number of fused-ring (bicyclic) bond motifs is 3. The van der Waals surface area contributed by atoms with Gasteiger partial charge in [-0.15, -0.1) is 0 Å². The Morgan fingerprint density at radius 2 is 1.85 bits per heavy atom. The zero-order valence-corrected chi connectivity index (χ0v) is 22.5. The van der Waals surface area contributed by atoms with Gasteiger partial charge in [0.25, 0.3) is 5.91 Å². The summed E-state index contributed by atoms with van der Waals surface area (Å²) in [4.78, 5) is 39.8. The molecule has 0 saturated carbocycles. The maximum atomic E-state index is 14.4. The second-order valence-corrected chi connectivity index (χ2v) is 9.59. The Balaban J connectivity index is 1.47. The zero-order valence-electron chi connectivity index (χ0n) is 21.7. The van der Waals surface area contributed by atoms with Gasteiger partial charge >= 0.3 is 0 Å². The molecule has 204 valence electrons. The quantitative estimate of drug-likeness (QED) is 0.349. The van der Waals surface area contributed by atoms with Crippen LogP contribution in [0, 0.1) is 5.82 Å². The van der Waals surface area contributed by atoms with Crippen LogP contribution in [0.15, 0.2) is 66.7 Å². The monoisotopic (exact) mass is 561 g/mol. The predicted molar refractivity (Wildman–Crippen MR) is 149 cm³/mol. The largest absolute Gasteiger partial charge is 0.488 e. The molecule has 40 heavy (non-hydrogen) atoms. The molecule has 1 aromatic heterocycles. The molecule has 0 fully saturated rings. The fraction of sp³-hybridized carbons (Fsp3) is 0.172. The third-order valence-corrected chi connectivity index (χ3v) is 6.74. The molecule has 3 aromatic carbocycles. The molecule has 11 heteroatoms. The number of benzene rings is 3. The number of anilines is 2. The number of carbonyl (C=O) groups excluding carboxylic acids is 3. The van der Waals surface area contributed by atoms with E-state index in [1.807, 2.05) is 0 Å². The van der Waals surface area contributed by atoms with Gasteiger partial charge in [-0.2, -0.15) is 5.10 Å². The summed E-state index contributed by atoms with van der Waals surface area (Å²) in [7, 11) is 3.26. The normalized spacial score (nSPS) is 11.6. The van der Waals surface area contributed by atoms with Crippen LogP contribution in [0.4, 0.5) is 15.9 Å². The van der Waals surface area contributed by atoms with Crippen molar-refractivity contribution in [3.8, 4) is 17.0 Å². The molecule has 3 amide bonds. The molecule has 9 nitrogen and oxygen atoms in total. The van der Waals surface area contributed by atoms with Crippen molar-refractivity contribution in [2.24, 2.45) is 7.05 Å². The lowest BCUT2D eigenvalue weighted by molar-refractivity contribution is -0.121. The van der Waals surface area contributed by atoms with Crippen molar-refractivity contribution in [3.05, 3.63) is 94.3 Å². The van der Waals surface area contributed by atoms with E-state index in [-0.39, 0.29) is 30.3 Å². The summed E-state index contributed by atoms with van der Waals surface area (Å²) >= 11 is 6.24. The molecular formula is C29H25ClFN5O4. The van der Waals surface area contributed by atoms with E-state index in [4.69, 9.17) is 16.3 Å². The number of halogens is 2. The first-order chi connectivity index (χ1) is 19.2. The van der Waals surface area contributed by atoms with Gasteiger partial charge in [-0.25, -0.2) is 4.39 Å². The summed E-state index contributed by atoms with van der Waals surface area (Å²) in [6, 6.07) is 17.5. The lowest BCUT2D eigenvalue weighted by Crippen LogP contribution is -2.40. The molecule has 0 aliphatic carbocycles. The predicted octanol–water partition coefficient (Wildman–Crippen LogP) is 4.35. The van der Waals surface area contributed by atoms with Crippen molar-refractivity contribution < 1.29 is 23.5 Å². The first-order valence-electron chi connectivity index (χ1n) is 12.4. The number of carbonyl (C=O) groups is 3. The van der Waals surface area contributed by atoms with Crippen LogP contribution in [0.5, 0.6) is 5.75 Å². The number of aromatic nitrogens is 2. The molecule has 4 aromatic rings. The lowest BCUT2D eigenvalue weighted by atomic mass is 10.0. The Morgan fingerprint density at radius 3 is 2.58 bits per heavy atom. The summed E-state index contributed by atoms with van der Waals surface area (Å²) in [5.74, 6) is -0.954. The van der Waals surface area contributed by atoms with Gasteiger partial charge in [-0.05, 0) is 54.1 Å². The molecule has 0 radical (unpaired) electrons. The SMILES string of the molecule is CNC(=O)c1ccc(NC(=O)CN(C(=O)Cc2ccccc2F)c2nn(C)c3c2COc2ccc(Cl)cc2-3)cc1. The van der Waals surface area contributed by atoms with Gasteiger partial charge in [0.05, 0.1) is 17.7 Å². The van der Waals surface area contributed by atoms with E-state index in [9.17, 15) is 18.8 Å². The molecule has 1 aliphatic heterocycles. The van der Waals surface area contributed by atoms with Crippen molar-refractivity contribution in [2.45, 2.75) is 13.0 Å². The number of rotatable bonds is 7. The Bertz CT molecular complexity index is 1620. The zero-order chi connectivity index (χ0) is 28.4. The Hall–Kier alpha value is -4.70. The highest BCUT2D eigenvalue weighted by Gasteiger charge is 2.32. The second-order valence-electron chi connectivity index (χ2n) is 9.16. The van der Waals surface area contributed by atoms with Crippen molar-refractivity contribution in [3.63, 3.8) is 0 Å². The van der Waals surface area contributed by atoms with Gasteiger partial charge in [0.2, 0.25) is 11.8 Å². The fourth-order valence-electron chi connectivity index (χ4n) is 4.58. The minimum Gasteiger partial charge on any atom is -0.488 e. The van der Waals surface area contributed by atoms with Crippen LogP contribution in [-0.4, -0.2) is 41.1 Å². The van der Waals surface area contributed by atoms with Crippen LogP contribution in [0.2, 0.25) is 5.02 Å². The van der Waals surface area contributed by atoms with Gasteiger partial charge < -0.3 is 15.4 Å². The van der Waals surface area contributed by atoms with Crippen LogP contribution >= 0.6 is 11.6 Å². The van der Waals surface area contributed by atoms with Gasteiger partial charge in [0.15, 0.2) is 5.82 Å². The molecule has 0 unspecified atom stereocenters. The number of aryl methyl sites for hydroxylation is 1. The summed E-state index contributed by atoms with van der Waals surface area (Å²) in [6.45, 7) is -0.282. The number of nitrogens with zero attached hydrogens (tertiary/aromatic N) is 3. The van der Waals surface area contributed by atoms with E-state index in [0.717, 1.165) is 0 Å². The number of hydrogen-bond acceptors (Lipinski definition) is 5. The standard InChI is InChI=1S/C29H25ClFN5O4/c1-32-29(39)17-7-10-20(11-8-17)33-25(37)15-36(26(38)13-18-5-3-4-6-23(18)31)28-22-16-40-24-12-9-19(30)14-21(24)27(22)35(2)34-28/h3-12,14H,13,15-16H2,1-2H3,(H,32,39)(H,33,37). The Labute approximate surface area is 234 Å². The summed E-state index contributed by atoms with van der Waals surface area (Å²) in [5, 5.41) is 10.4. The maximum Gasteiger partial charge on any atom is 0.251 e. The number of hydrogen-bond donors (Lipinski definition) is 2. The molecule has 2 N–H and O–H groups in total. The maximum absolute atomic E-state index is 14.4. The fourth-order valence-corrected chi connectivity index (χ4v) is 4.75. The second kappa shape index (κ2) is 11.2. The van der Waals surface area contributed by atoms with E-state index in [2.05, 4.69) is 15.7 Å². The van der Waals surface area contributed by atoms with E-state index < -0.39 is 24.2 Å². The first kappa shape index (κ1) is 26.9. The molecule has 1 aliphatic rings. The molecule has 0 saturated heterocycles. The summed E-state index contributed by atoms with van der Waals surface area (Å²) < 4.78 is 22.0. The van der Waals surface area contributed by atoms with Crippen LogP contribution in [0.3, 0.4) is 0 Å². The molecule has 5 rings (SSSR count). The van der Waals surface area contributed by atoms with E-state index in [1.165, 1.54) is 24.1 Å². The van der Waals surface area contributed by atoms with E-state index >= 15 is 0 Å². The van der Waals surface area contributed by atoms with Gasteiger partial charge in [0, 0.05) is 35.9 Å². The molecular weight excluding hydrogens is 537 g/mol. The first-order valence-corrected chi connectivity index (χ1v) is 12.8. The summed E-state index contributed by atoms with van der Waals surface area (Å²) in [5.41, 5.74) is 3.07. The molecule has 0 spiro atoms. The number of ether oxygens (including phenoxy) is 1. The minimum absolute atomic E-state index is 0.110. The minimum atomic E-state index is -0.522. The van der Waals surface area contributed by atoms with E-state index in [0.29, 0.717) is 38.8 Å². The van der Waals surface area contributed by atoms with Gasteiger partial charge in [-0.3, -0.25) is 24.0 Å². The smallest absolute Gasteiger partial charge is 0.251 e. The third-order valence-electron chi connectivity index (χ3n) is 6.51. The van der Waals surface area contributed by atoms with Crippen LogP contribution in [0.1, 0.15) is 21.5 Å². The van der Waals surface area contributed by atoms with Crippen molar-refractivity contribution in [1.82, 2.24) is 15.1 Å². The highest BCUT2D eigenvalue weighted by Crippen LogP contribution is 2.42. The molecule has 0 bridgehead atoms. The molecule has 0 atom stereocenters. The average molecular weight is 562 g/mol. The third kappa shape index (κ3) is 5.39. The highest BCUT2D eigenvalue weighted by molar-refractivity contribution is 6.31. The van der Waals surface area contributed by atoms with Crippen LogP contribution in [-0.2, 0) is 29.7 Å². The van der Waals surface area contributed by atoms with Crippen molar-refractivity contribution in [1.29, 1.82) is 0 Å². The lowest BCUT2D eigenvalue weighted by Gasteiger charge is -2.24. The van der Waals surface area contributed by atoms with Gasteiger partial charge in [-0.1, -0.05) is 29.8 Å². The Kier molecular flexibility index (Phi) is 7.52. The molecule has 2 heterocycles. The van der Waals surface area contributed by atoms with Crippen molar-refractivity contribution >= 4 is 40.8 Å². The van der Waals surface area contributed by atoms with Gasteiger partial charge in [0.1, 0.15) is 24.7 Å². The highest BCUT2D eigenvalue weighted by atomic mass is 35.5. The summed E-state index contributed by atoms with van der Waals surface area (Å²) in [6.07, 6.45) is -0.282. The number of nitrogens with one attached hydrogen (secondary N) is 2. The van der Waals surface area contributed by atoms with Crippen LogP contribution < -0.4 is 20.3 Å². The number of amides is 3. The topological polar surface area (TPSA) is 106 Å². The van der Waals surface area contributed by atoms with E-state index in [1.54, 1.807) is 66.3 Å².